The van der Waals surface area contributed by atoms with Crippen molar-refractivity contribution in [3.8, 4) is 0 Å². The van der Waals surface area contributed by atoms with E-state index in [4.69, 9.17) is 5.73 Å². The van der Waals surface area contributed by atoms with Crippen LogP contribution in [0.15, 0.2) is 46.9 Å². The Labute approximate surface area is 154 Å². The minimum absolute atomic E-state index is 0.119. The predicted molar refractivity (Wildman–Crippen MR) is 102 cm³/mol. The van der Waals surface area contributed by atoms with E-state index < -0.39 is 0 Å². The van der Waals surface area contributed by atoms with Crippen molar-refractivity contribution >= 4 is 33.3 Å². The number of nitrogens with one attached hydrogen (secondary N) is 1. The number of carbonyl (C=O) groups excluding carboxylic acids is 1. The fourth-order valence-electron chi connectivity index (χ4n) is 2.42. The van der Waals surface area contributed by atoms with E-state index in [1.165, 1.54) is 4.68 Å². The van der Waals surface area contributed by atoms with Crippen LogP contribution in [0.2, 0.25) is 0 Å². The third kappa shape index (κ3) is 3.88. The number of nitrogens with zero attached hydrogens (tertiary/aromatic N) is 3. The maximum Gasteiger partial charge on any atom is 0.280 e. The van der Waals surface area contributed by atoms with Crippen molar-refractivity contribution in [2.75, 3.05) is 11.1 Å². The zero-order valence-corrected chi connectivity index (χ0v) is 15.5. The summed E-state index contributed by atoms with van der Waals surface area (Å²) in [7, 11) is 0. The summed E-state index contributed by atoms with van der Waals surface area (Å²) >= 11 is 3.43. The molecule has 25 heavy (non-hydrogen) atoms. The topological polar surface area (TPSA) is 85.8 Å². The fourth-order valence-corrected chi connectivity index (χ4v) is 2.86. The summed E-state index contributed by atoms with van der Waals surface area (Å²) in [6.45, 7) is 4.45. The normalized spacial score (nSPS) is 10.7. The quantitative estimate of drug-likeness (QED) is 0.702. The lowest BCUT2D eigenvalue weighted by molar-refractivity contribution is 0.102. The highest BCUT2D eigenvalue weighted by atomic mass is 79.9. The van der Waals surface area contributed by atoms with Gasteiger partial charge in [-0.2, -0.15) is 0 Å². The number of nitrogen functional groups attached to an aromatic ring is 1. The third-order valence-electron chi connectivity index (χ3n) is 3.97. The molecule has 2 aromatic carbocycles. The molecule has 0 fully saturated rings. The van der Waals surface area contributed by atoms with Crippen molar-refractivity contribution in [1.82, 2.24) is 15.0 Å². The molecule has 0 bridgehead atoms. The Hall–Kier alpha value is -2.67. The van der Waals surface area contributed by atoms with Gasteiger partial charge in [0.2, 0.25) is 0 Å². The number of hydrogen-bond donors (Lipinski definition) is 2. The van der Waals surface area contributed by atoms with Crippen LogP contribution in [0.4, 0.5) is 11.5 Å². The molecule has 0 aliphatic heterocycles. The number of halogens is 1. The van der Waals surface area contributed by atoms with E-state index in [1.54, 1.807) is 0 Å². The SMILES string of the molecule is Cc1ccc(NC(=O)c2nnn(Cc3cccc(Br)c3)c2N)cc1C. The molecule has 0 aliphatic rings. The zero-order valence-electron chi connectivity index (χ0n) is 14.0. The van der Waals surface area contributed by atoms with Gasteiger partial charge in [-0.15, -0.1) is 5.10 Å². The van der Waals surface area contributed by atoms with Crippen LogP contribution in [0.5, 0.6) is 0 Å². The molecule has 0 radical (unpaired) electrons. The van der Waals surface area contributed by atoms with Gasteiger partial charge >= 0.3 is 0 Å². The first-order chi connectivity index (χ1) is 11.9. The summed E-state index contributed by atoms with van der Waals surface area (Å²) in [6.07, 6.45) is 0. The van der Waals surface area contributed by atoms with Gasteiger partial charge in [-0.1, -0.05) is 39.3 Å². The van der Waals surface area contributed by atoms with Gasteiger partial charge in [0.25, 0.3) is 5.91 Å². The first-order valence-corrected chi connectivity index (χ1v) is 8.55. The lowest BCUT2D eigenvalue weighted by atomic mass is 10.1. The average molecular weight is 400 g/mol. The number of anilines is 2. The monoisotopic (exact) mass is 399 g/mol. The fraction of sp³-hybridized carbons (Fsp3) is 0.167. The van der Waals surface area contributed by atoms with Crippen molar-refractivity contribution in [3.05, 3.63) is 69.3 Å². The minimum atomic E-state index is -0.374. The summed E-state index contributed by atoms with van der Waals surface area (Å²) < 4.78 is 2.48. The van der Waals surface area contributed by atoms with E-state index in [-0.39, 0.29) is 17.4 Å². The lowest BCUT2D eigenvalue weighted by Crippen LogP contribution is -2.15. The average Bonchev–Trinajstić information content (AvgIpc) is 2.92. The second-order valence-electron chi connectivity index (χ2n) is 5.86. The van der Waals surface area contributed by atoms with E-state index in [0.717, 1.165) is 21.2 Å². The molecule has 0 atom stereocenters. The molecule has 3 aromatic rings. The van der Waals surface area contributed by atoms with Crippen molar-refractivity contribution < 1.29 is 4.79 Å². The Morgan fingerprint density at radius 3 is 2.72 bits per heavy atom. The van der Waals surface area contributed by atoms with E-state index in [2.05, 4.69) is 31.6 Å². The van der Waals surface area contributed by atoms with E-state index in [0.29, 0.717) is 12.2 Å². The summed E-state index contributed by atoms with van der Waals surface area (Å²) in [6, 6.07) is 13.5. The van der Waals surface area contributed by atoms with Gasteiger partial charge in [-0.25, -0.2) is 4.68 Å². The summed E-state index contributed by atoms with van der Waals surface area (Å²) in [4.78, 5) is 12.4. The Morgan fingerprint density at radius 2 is 2.00 bits per heavy atom. The van der Waals surface area contributed by atoms with Gasteiger partial charge in [0, 0.05) is 10.2 Å². The first kappa shape index (κ1) is 17.2. The van der Waals surface area contributed by atoms with E-state index in [9.17, 15) is 4.79 Å². The smallest absolute Gasteiger partial charge is 0.280 e. The van der Waals surface area contributed by atoms with Crippen LogP contribution in [0.25, 0.3) is 0 Å². The van der Waals surface area contributed by atoms with E-state index in [1.807, 2.05) is 56.3 Å². The molecular formula is C18H18BrN5O. The number of aryl methyl sites for hydroxylation is 2. The van der Waals surface area contributed by atoms with Crippen LogP contribution in [-0.4, -0.2) is 20.9 Å². The Morgan fingerprint density at radius 1 is 1.20 bits per heavy atom. The van der Waals surface area contributed by atoms with E-state index >= 15 is 0 Å². The van der Waals surface area contributed by atoms with Gasteiger partial charge < -0.3 is 11.1 Å². The van der Waals surface area contributed by atoms with Crippen LogP contribution >= 0.6 is 15.9 Å². The molecule has 3 N–H and O–H groups in total. The van der Waals surface area contributed by atoms with Crippen molar-refractivity contribution in [3.63, 3.8) is 0 Å². The highest BCUT2D eigenvalue weighted by Gasteiger charge is 2.18. The van der Waals surface area contributed by atoms with Crippen molar-refractivity contribution in [2.24, 2.45) is 0 Å². The van der Waals surface area contributed by atoms with Gasteiger partial charge in [0.15, 0.2) is 11.5 Å². The van der Waals surface area contributed by atoms with Gasteiger partial charge in [0.1, 0.15) is 0 Å². The number of nitrogens with two attached hydrogens (primary N) is 1. The maximum absolute atomic E-state index is 12.4. The highest BCUT2D eigenvalue weighted by Crippen LogP contribution is 2.18. The summed E-state index contributed by atoms with van der Waals surface area (Å²) in [5.41, 5.74) is 10.2. The highest BCUT2D eigenvalue weighted by molar-refractivity contribution is 9.10. The van der Waals surface area contributed by atoms with Gasteiger partial charge in [-0.3, -0.25) is 4.79 Å². The molecule has 3 rings (SSSR count). The van der Waals surface area contributed by atoms with Crippen LogP contribution < -0.4 is 11.1 Å². The molecule has 1 aromatic heterocycles. The molecule has 0 saturated carbocycles. The molecule has 1 amide bonds. The largest absolute Gasteiger partial charge is 0.382 e. The number of benzene rings is 2. The van der Waals surface area contributed by atoms with Crippen molar-refractivity contribution in [2.45, 2.75) is 20.4 Å². The summed E-state index contributed by atoms with van der Waals surface area (Å²) in [5.74, 6) is -0.137. The van der Waals surface area contributed by atoms with Crippen LogP contribution in [0.3, 0.4) is 0 Å². The molecular weight excluding hydrogens is 382 g/mol. The molecule has 0 spiro atoms. The Bertz CT molecular complexity index is 935. The Balaban J connectivity index is 1.77. The number of amides is 1. The molecule has 0 aliphatic carbocycles. The first-order valence-electron chi connectivity index (χ1n) is 7.76. The Kier molecular flexibility index (Phi) is 4.85. The molecule has 128 valence electrons. The number of aromatic nitrogens is 3. The minimum Gasteiger partial charge on any atom is -0.382 e. The number of rotatable bonds is 4. The summed E-state index contributed by atoms with van der Waals surface area (Å²) in [5, 5.41) is 10.7. The number of hydrogen-bond acceptors (Lipinski definition) is 4. The maximum atomic E-state index is 12.4. The molecule has 7 heteroatoms. The molecule has 6 nitrogen and oxygen atoms in total. The van der Waals surface area contributed by atoms with Crippen LogP contribution in [0.1, 0.15) is 27.2 Å². The van der Waals surface area contributed by atoms with Crippen LogP contribution in [0, 0.1) is 13.8 Å². The predicted octanol–water partition coefficient (Wildman–Crippen LogP) is 3.54. The molecule has 1 heterocycles. The molecule has 0 saturated heterocycles. The third-order valence-corrected chi connectivity index (χ3v) is 4.47. The van der Waals surface area contributed by atoms with Gasteiger partial charge in [-0.05, 0) is 54.8 Å². The van der Waals surface area contributed by atoms with Crippen molar-refractivity contribution in [1.29, 1.82) is 0 Å². The second kappa shape index (κ2) is 7.06. The lowest BCUT2D eigenvalue weighted by Gasteiger charge is -2.07. The van der Waals surface area contributed by atoms with Crippen LogP contribution in [-0.2, 0) is 6.54 Å². The number of carbonyl (C=O) groups is 1. The molecule has 0 unspecified atom stereocenters. The van der Waals surface area contributed by atoms with Gasteiger partial charge in [0.05, 0.1) is 6.54 Å². The standard InChI is InChI=1S/C18H18BrN5O/c1-11-6-7-15(8-12(11)2)21-18(25)16-17(20)24(23-22-16)10-13-4-3-5-14(19)9-13/h3-9H,10,20H2,1-2H3,(H,21,25). The second-order valence-corrected chi connectivity index (χ2v) is 6.78. The zero-order chi connectivity index (χ0) is 18.0.